The molecule has 1 aliphatic rings. The van der Waals surface area contributed by atoms with Crippen LogP contribution in [0.1, 0.15) is 18.9 Å². The molecular weight excluding hydrogens is 222 g/mol. The fraction of sp³-hybridized carbons (Fsp3) is 0.583. The highest BCUT2D eigenvalue weighted by molar-refractivity contribution is 6.29. The molecule has 0 bridgehead atoms. The maximum Gasteiger partial charge on any atom is 0.129 e. The van der Waals surface area contributed by atoms with E-state index in [0.717, 1.165) is 13.1 Å². The number of nitrogens with zero attached hydrogens (tertiary/aromatic N) is 2. The lowest BCUT2D eigenvalue weighted by Gasteiger charge is -2.13. The summed E-state index contributed by atoms with van der Waals surface area (Å²) in [6.45, 7) is 4.27. The first-order valence-corrected chi connectivity index (χ1v) is 6.07. The van der Waals surface area contributed by atoms with Crippen molar-refractivity contribution in [3.05, 3.63) is 29.0 Å². The van der Waals surface area contributed by atoms with Crippen LogP contribution in [0.4, 0.5) is 0 Å². The minimum absolute atomic E-state index is 0.554. The summed E-state index contributed by atoms with van der Waals surface area (Å²) >= 11 is 5.74. The van der Waals surface area contributed by atoms with Crippen LogP contribution in [0.25, 0.3) is 0 Å². The Morgan fingerprint density at radius 2 is 2.38 bits per heavy atom. The van der Waals surface area contributed by atoms with Gasteiger partial charge in [-0.15, -0.1) is 0 Å². The second-order valence-electron chi connectivity index (χ2n) is 4.59. The molecule has 4 heteroatoms. The number of halogens is 1. The Morgan fingerprint density at radius 3 is 2.94 bits per heavy atom. The van der Waals surface area contributed by atoms with E-state index in [0.29, 0.717) is 17.2 Å². The molecule has 2 rings (SSSR count). The highest BCUT2D eigenvalue weighted by Crippen LogP contribution is 2.15. The molecule has 0 aromatic carbocycles. The van der Waals surface area contributed by atoms with Crippen LogP contribution < -0.4 is 5.32 Å². The molecule has 0 spiro atoms. The summed E-state index contributed by atoms with van der Waals surface area (Å²) in [5, 5.41) is 4.11. The topological polar surface area (TPSA) is 28.2 Å². The van der Waals surface area contributed by atoms with Gasteiger partial charge in [0.15, 0.2) is 0 Å². The summed E-state index contributed by atoms with van der Waals surface area (Å²) in [5.41, 5.74) is 1.19. The van der Waals surface area contributed by atoms with Crippen LogP contribution in [0, 0.1) is 0 Å². The Kier molecular flexibility index (Phi) is 3.79. The van der Waals surface area contributed by atoms with Crippen molar-refractivity contribution in [3.63, 3.8) is 0 Å². The van der Waals surface area contributed by atoms with E-state index in [9.17, 15) is 0 Å². The van der Waals surface area contributed by atoms with Crippen molar-refractivity contribution >= 4 is 11.6 Å². The fourth-order valence-corrected chi connectivity index (χ4v) is 2.23. The maximum atomic E-state index is 5.74. The Hall–Kier alpha value is -0.640. The average molecular weight is 240 g/mol. The Labute approximate surface area is 102 Å². The Bertz CT molecular complexity index is 329. The smallest absolute Gasteiger partial charge is 0.129 e. The van der Waals surface area contributed by atoms with Crippen LogP contribution >= 0.6 is 11.6 Å². The molecule has 3 nitrogen and oxygen atoms in total. The number of hydrogen-bond acceptors (Lipinski definition) is 3. The van der Waals surface area contributed by atoms with Crippen LogP contribution in [0.15, 0.2) is 18.3 Å². The molecule has 1 saturated heterocycles. The van der Waals surface area contributed by atoms with Crippen molar-refractivity contribution in [2.75, 3.05) is 13.6 Å². The van der Waals surface area contributed by atoms with Crippen molar-refractivity contribution in [3.8, 4) is 0 Å². The molecule has 2 heterocycles. The van der Waals surface area contributed by atoms with Gasteiger partial charge in [0.25, 0.3) is 0 Å². The molecular formula is C12H18ClN3. The van der Waals surface area contributed by atoms with Gasteiger partial charge in [0.05, 0.1) is 0 Å². The molecule has 0 saturated carbocycles. The first kappa shape index (κ1) is 11.8. The minimum Gasteiger partial charge on any atom is -0.309 e. The number of hydrogen-bond donors (Lipinski definition) is 1. The summed E-state index contributed by atoms with van der Waals surface area (Å²) in [5.74, 6) is 0. The van der Waals surface area contributed by atoms with Gasteiger partial charge in [-0.2, -0.15) is 0 Å². The van der Waals surface area contributed by atoms with E-state index >= 15 is 0 Å². The van der Waals surface area contributed by atoms with Gasteiger partial charge in [0.2, 0.25) is 0 Å². The third-order valence-electron chi connectivity index (χ3n) is 3.27. The van der Waals surface area contributed by atoms with Gasteiger partial charge in [-0.1, -0.05) is 17.7 Å². The third-order valence-corrected chi connectivity index (χ3v) is 3.49. The fourth-order valence-electron chi connectivity index (χ4n) is 2.11. The van der Waals surface area contributed by atoms with Crippen LogP contribution in [-0.2, 0) is 6.54 Å². The second kappa shape index (κ2) is 5.13. The predicted molar refractivity (Wildman–Crippen MR) is 66.6 cm³/mol. The minimum atomic E-state index is 0.554. The van der Waals surface area contributed by atoms with E-state index in [-0.39, 0.29) is 0 Å². The molecule has 0 amide bonds. The van der Waals surface area contributed by atoms with E-state index < -0.39 is 0 Å². The maximum absolute atomic E-state index is 5.74. The van der Waals surface area contributed by atoms with E-state index in [1.165, 1.54) is 12.0 Å². The number of likely N-dealkylation sites (N-methyl/N-ethyl adjacent to an activating group) is 1. The molecule has 1 aromatic rings. The van der Waals surface area contributed by atoms with E-state index in [4.69, 9.17) is 11.6 Å². The molecule has 1 aromatic heterocycles. The zero-order chi connectivity index (χ0) is 11.5. The van der Waals surface area contributed by atoms with Crippen LogP contribution in [-0.4, -0.2) is 35.6 Å². The largest absolute Gasteiger partial charge is 0.309 e. The summed E-state index contributed by atoms with van der Waals surface area (Å²) in [7, 11) is 2.18. The predicted octanol–water partition coefficient (Wildman–Crippen LogP) is 1.92. The van der Waals surface area contributed by atoms with Gasteiger partial charge < -0.3 is 10.2 Å². The Balaban J connectivity index is 1.82. The quantitative estimate of drug-likeness (QED) is 0.817. The molecule has 1 N–H and O–H groups in total. The third kappa shape index (κ3) is 2.94. The highest BCUT2D eigenvalue weighted by atomic mass is 35.5. The zero-order valence-corrected chi connectivity index (χ0v) is 10.5. The van der Waals surface area contributed by atoms with Crippen LogP contribution in [0.5, 0.6) is 0 Å². The van der Waals surface area contributed by atoms with Crippen molar-refractivity contribution < 1.29 is 0 Å². The van der Waals surface area contributed by atoms with Crippen molar-refractivity contribution in [1.82, 2.24) is 15.2 Å². The summed E-state index contributed by atoms with van der Waals surface area (Å²) in [4.78, 5) is 6.46. The number of pyridine rings is 1. The molecule has 1 fully saturated rings. The average Bonchev–Trinajstić information content (AvgIpc) is 2.58. The zero-order valence-electron chi connectivity index (χ0n) is 9.78. The monoisotopic (exact) mass is 239 g/mol. The molecule has 16 heavy (non-hydrogen) atoms. The SMILES string of the molecule is CC1CC(NCc2ccc(Cl)nc2)CN1C. The summed E-state index contributed by atoms with van der Waals surface area (Å²) in [6.07, 6.45) is 3.05. The number of aromatic nitrogens is 1. The van der Waals surface area contributed by atoms with Gasteiger partial charge in [-0.3, -0.25) is 0 Å². The molecule has 2 unspecified atom stereocenters. The van der Waals surface area contributed by atoms with Crippen molar-refractivity contribution in [2.45, 2.75) is 32.0 Å². The lowest BCUT2D eigenvalue weighted by atomic mass is 10.2. The molecule has 88 valence electrons. The van der Waals surface area contributed by atoms with E-state index in [2.05, 4.69) is 29.2 Å². The van der Waals surface area contributed by atoms with Crippen molar-refractivity contribution in [2.24, 2.45) is 0 Å². The summed E-state index contributed by atoms with van der Waals surface area (Å²) < 4.78 is 0. The van der Waals surface area contributed by atoms with Crippen molar-refractivity contribution in [1.29, 1.82) is 0 Å². The lowest BCUT2D eigenvalue weighted by molar-refractivity contribution is 0.326. The molecule has 0 radical (unpaired) electrons. The normalized spacial score (nSPS) is 26.2. The lowest BCUT2D eigenvalue weighted by Crippen LogP contribution is -2.31. The van der Waals surface area contributed by atoms with Crippen LogP contribution in [0.3, 0.4) is 0 Å². The molecule has 0 aliphatic carbocycles. The number of rotatable bonds is 3. The van der Waals surface area contributed by atoms with Gasteiger partial charge >= 0.3 is 0 Å². The number of nitrogens with one attached hydrogen (secondary N) is 1. The molecule has 1 aliphatic heterocycles. The van der Waals surface area contributed by atoms with E-state index in [1.54, 1.807) is 0 Å². The first-order chi connectivity index (χ1) is 7.65. The highest BCUT2D eigenvalue weighted by Gasteiger charge is 2.25. The summed E-state index contributed by atoms with van der Waals surface area (Å²) in [6, 6.07) is 5.13. The Morgan fingerprint density at radius 1 is 1.56 bits per heavy atom. The van der Waals surface area contributed by atoms with Gasteiger partial charge in [-0.05, 0) is 32.0 Å². The van der Waals surface area contributed by atoms with E-state index in [1.807, 2.05) is 18.3 Å². The van der Waals surface area contributed by atoms with Crippen LogP contribution in [0.2, 0.25) is 5.15 Å². The molecule has 2 atom stereocenters. The van der Waals surface area contributed by atoms with Gasteiger partial charge in [-0.25, -0.2) is 4.98 Å². The second-order valence-corrected chi connectivity index (χ2v) is 4.98. The standard InChI is InChI=1S/C12H18ClN3/c1-9-5-11(8-16(9)2)14-6-10-3-4-12(13)15-7-10/h3-4,7,9,11,14H,5-6,8H2,1-2H3. The first-order valence-electron chi connectivity index (χ1n) is 5.69. The number of likely N-dealkylation sites (tertiary alicyclic amines) is 1. The van der Waals surface area contributed by atoms with Gasteiger partial charge in [0, 0.05) is 31.4 Å². The van der Waals surface area contributed by atoms with Gasteiger partial charge in [0.1, 0.15) is 5.15 Å².